The second kappa shape index (κ2) is 11.9. The number of carbonyl (C=O) groups excluding carboxylic acids is 1. The summed E-state index contributed by atoms with van der Waals surface area (Å²) in [4.78, 5) is 21.3. The molecular weight excluding hydrogens is 496 g/mol. The van der Waals surface area contributed by atoms with Crippen molar-refractivity contribution in [1.29, 1.82) is 0 Å². The summed E-state index contributed by atoms with van der Waals surface area (Å²) in [6.07, 6.45) is 4.33. The van der Waals surface area contributed by atoms with E-state index in [1.54, 1.807) is 9.80 Å². The Kier molecular flexibility index (Phi) is 8.93. The number of piperidine rings is 1. The molecule has 4 rings (SSSR count). The number of benzene rings is 1. The normalized spacial score (nSPS) is 23.9. The van der Waals surface area contributed by atoms with Crippen LogP contribution in [0.2, 0.25) is 0 Å². The van der Waals surface area contributed by atoms with Gasteiger partial charge in [-0.05, 0) is 51.0 Å². The fourth-order valence-electron chi connectivity index (χ4n) is 4.35. The third-order valence-electron chi connectivity index (χ3n) is 6.26. The van der Waals surface area contributed by atoms with Crippen LogP contribution in [-0.4, -0.2) is 65.1 Å². The Morgan fingerprint density at radius 1 is 1.20 bits per heavy atom. The van der Waals surface area contributed by atoms with Gasteiger partial charge in [0.1, 0.15) is 16.2 Å². The highest BCUT2D eigenvalue weighted by Crippen LogP contribution is 2.39. The molecule has 0 radical (unpaired) electrons. The number of hydroxylamine groups is 1. The van der Waals surface area contributed by atoms with Crippen molar-refractivity contribution in [1.82, 2.24) is 10.4 Å². The quantitative estimate of drug-likeness (QED) is 0.545. The van der Waals surface area contributed by atoms with Gasteiger partial charge in [0.15, 0.2) is 0 Å². The van der Waals surface area contributed by atoms with E-state index in [-0.39, 0.29) is 29.6 Å². The molecule has 1 aromatic rings. The largest absolute Gasteiger partial charge is 0.447 e. The first-order valence-electron chi connectivity index (χ1n) is 12.1. The minimum Gasteiger partial charge on any atom is -0.447 e. The molecule has 11 heteroatoms. The summed E-state index contributed by atoms with van der Waals surface area (Å²) in [6.45, 7) is 5.76. The highest BCUT2D eigenvalue weighted by atomic mass is 32.2. The number of nitrogens with one attached hydrogen (secondary N) is 1. The number of amides is 1. The summed E-state index contributed by atoms with van der Waals surface area (Å²) in [7, 11) is -1.19. The van der Waals surface area contributed by atoms with E-state index < -0.39 is 27.0 Å². The van der Waals surface area contributed by atoms with E-state index in [0.29, 0.717) is 51.2 Å². The maximum absolute atomic E-state index is 14.9. The van der Waals surface area contributed by atoms with Gasteiger partial charge in [-0.3, -0.25) is 14.5 Å². The SMILES string of the molecule is CC(C)OC(=O)N1CCC(ONC2=CCN(c3cc(F)c(C4SCCCS4=O)cc3F)CC2)CC1. The van der Waals surface area contributed by atoms with Gasteiger partial charge >= 0.3 is 6.09 Å². The number of anilines is 1. The number of hydrogen-bond donors (Lipinski definition) is 1. The minimum absolute atomic E-state index is 0.0145. The molecule has 2 unspecified atom stereocenters. The third-order valence-corrected chi connectivity index (χ3v) is 9.82. The highest BCUT2D eigenvalue weighted by molar-refractivity contribution is 8.11. The molecule has 1 amide bonds. The van der Waals surface area contributed by atoms with Gasteiger partial charge in [-0.2, -0.15) is 0 Å². The number of nitrogens with zero attached hydrogens (tertiary/aromatic N) is 2. The standard InChI is InChI=1S/C24H33F2N3O4S2/c1-16(2)32-24(30)29-10-6-18(7-11-29)33-27-17-4-8-28(9-5-17)22-15-20(25)19(14-21(22)26)23-34-12-3-13-35(23)31/h4,14-16,18,23,27H,3,5-13H2,1-2H3. The molecule has 35 heavy (non-hydrogen) atoms. The van der Waals surface area contributed by atoms with Crippen LogP contribution in [0.15, 0.2) is 23.9 Å². The lowest BCUT2D eigenvalue weighted by Crippen LogP contribution is -2.43. The summed E-state index contributed by atoms with van der Waals surface area (Å²) in [5.41, 5.74) is 4.33. The van der Waals surface area contributed by atoms with E-state index in [0.717, 1.165) is 17.9 Å². The van der Waals surface area contributed by atoms with E-state index in [1.165, 1.54) is 23.9 Å². The minimum atomic E-state index is -1.19. The smallest absolute Gasteiger partial charge is 0.410 e. The molecule has 2 fully saturated rings. The fraction of sp³-hybridized carbons (Fsp3) is 0.625. The average molecular weight is 530 g/mol. The van der Waals surface area contributed by atoms with Crippen LogP contribution in [0.1, 0.15) is 49.7 Å². The number of thioether (sulfide) groups is 1. The van der Waals surface area contributed by atoms with Crippen LogP contribution in [-0.2, 0) is 20.4 Å². The van der Waals surface area contributed by atoms with Crippen LogP contribution in [0.25, 0.3) is 0 Å². The van der Waals surface area contributed by atoms with E-state index in [1.807, 2.05) is 19.9 Å². The molecule has 7 nitrogen and oxygen atoms in total. The maximum atomic E-state index is 14.9. The van der Waals surface area contributed by atoms with Crippen molar-refractivity contribution in [2.45, 2.75) is 56.3 Å². The monoisotopic (exact) mass is 529 g/mol. The zero-order valence-electron chi connectivity index (χ0n) is 20.1. The Bertz CT molecular complexity index is 970. The highest BCUT2D eigenvalue weighted by Gasteiger charge is 2.29. The third kappa shape index (κ3) is 6.68. The summed E-state index contributed by atoms with van der Waals surface area (Å²) in [6, 6.07) is 2.45. The topological polar surface area (TPSA) is 71.1 Å². The Labute approximate surface area is 212 Å². The first-order valence-corrected chi connectivity index (χ1v) is 14.5. The number of likely N-dealkylation sites (tertiary alicyclic amines) is 1. The molecule has 0 bridgehead atoms. The zero-order valence-corrected chi connectivity index (χ0v) is 21.8. The van der Waals surface area contributed by atoms with Gasteiger partial charge in [0.25, 0.3) is 0 Å². The molecule has 3 heterocycles. The predicted octanol–water partition coefficient (Wildman–Crippen LogP) is 4.47. The van der Waals surface area contributed by atoms with Crippen LogP contribution >= 0.6 is 11.8 Å². The first-order chi connectivity index (χ1) is 16.8. The van der Waals surface area contributed by atoms with Crippen LogP contribution in [0.4, 0.5) is 19.3 Å². The number of halogens is 2. The number of hydrogen-bond acceptors (Lipinski definition) is 7. The Balaban J connectivity index is 1.27. The van der Waals surface area contributed by atoms with Gasteiger partial charge < -0.3 is 14.5 Å². The molecule has 0 saturated carbocycles. The molecule has 3 aliphatic rings. The van der Waals surface area contributed by atoms with Gasteiger partial charge in [-0.15, -0.1) is 11.8 Å². The average Bonchev–Trinajstić information content (AvgIpc) is 2.85. The van der Waals surface area contributed by atoms with Crippen molar-refractivity contribution in [3.8, 4) is 0 Å². The van der Waals surface area contributed by atoms with Crippen molar-refractivity contribution in [2.24, 2.45) is 0 Å². The van der Waals surface area contributed by atoms with E-state index in [4.69, 9.17) is 9.57 Å². The second-order valence-electron chi connectivity index (χ2n) is 9.23. The maximum Gasteiger partial charge on any atom is 0.410 e. The summed E-state index contributed by atoms with van der Waals surface area (Å²) in [5.74, 6) is 0.332. The number of ether oxygens (including phenoxy) is 1. The van der Waals surface area contributed by atoms with E-state index in [9.17, 15) is 17.8 Å². The van der Waals surface area contributed by atoms with Gasteiger partial charge in [0.05, 0.1) is 17.9 Å². The fourth-order valence-corrected chi connectivity index (χ4v) is 7.71. The second-order valence-corrected chi connectivity index (χ2v) is 12.4. The number of rotatable bonds is 6. The molecule has 194 valence electrons. The lowest BCUT2D eigenvalue weighted by molar-refractivity contribution is -0.0415. The van der Waals surface area contributed by atoms with Crippen LogP contribution in [0.5, 0.6) is 0 Å². The van der Waals surface area contributed by atoms with Gasteiger partial charge in [-0.25, -0.2) is 13.6 Å². The molecule has 1 N–H and O–H groups in total. The summed E-state index contributed by atoms with van der Waals surface area (Å²) in [5, 5.41) is 0. The molecule has 2 atom stereocenters. The molecule has 0 aliphatic carbocycles. The lowest BCUT2D eigenvalue weighted by atomic mass is 10.1. The Morgan fingerprint density at radius 2 is 1.97 bits per heavy atom. The molecule has 1 aromatic carbocycles. The van der Waals surface area contributed by atoms with Gasteiger partial charge in [-0.1, -0.05) is 0 Å². The van der Waals surface area contributed by atoms with Crippen molar-refractivity contribution >= 4 is 34.3 Å². The molecule has 0 spiro atoms. The van der Waals surface area contributed by atoms with Crippen molar-refractivity contribution < 1.29 is 27.4 Å². The van der Waals surface area contributed by atoms with Gasteiger partial charge in [0.2, 0.25) is 0 Å². The molecule has 0 aromatic heterocycles. The Morgan fingerprint density at radius 3 is 2.63 bits per heavy atom. The van der Waals surface area contributed by atoms with Crippen molar-refractivity contribution in [2.75, 3.05) is 42.6 Å². The number of carbonyl (C=O) groups is 1. The summed E-state index contributed by atoms with van der Waals surface area (Å²) < 4.78 is 46.8. The van der Waals surface area contributed by atoms with Crippen LogP contribution in [0.3, 0.4) is 0 Å². The van der Waals surface area contributed by atoms with Crippen molar-refractivity contribution in [3.05, 3.63) is 41.1 Å². The molecule has 3 aliphatic heterocycles. The van der Waals surface area contributed by atoms with Crippen LogP contribution in [0, 0.1) is 11.6 Å². The molecule has 2 saturated heterocycles. The Hall–Kier alpha value is -1.85. The lowest BCUT2D eigenvalue weighted by Gasteiger charge is -2.33. The predicted molar refractivity (Wildman–Crippen MR) is 135 cm³/mol. The van der Waals surface area contributed by atoms with Crippen molar-refractivity contribution in [3.63, 3.8) is 0 Å². The zero-order chi connectivity index (χ0) is 24.9. The van der Waals surface area contributed by atoms with E-state index in [2.05, 4.69) is 5.48 Å². The molecular formula is C24H33F2N3O4S2. The summed E-state index contributed by atoms with van der Waals surface area (Å²) >= 11 is 1.43. The first kappa shape index (κ1) is 26.2. The van der Waals surface area contributed by atoms with Crippen LogP contribution < -0.4 is 10.4 Å². The van der Waals surface area contributed by atoms with Gasteiger partial charge in [0, 0.05) is 66.5 Å². The van der Waals surface area contributed by atoms with E-state index >= 15 is 0 Å².